The van der Waals surface area contributed by atoms with Gasteiger partial charge in [-0.15, -0.1) is 0 Å². The molecule has 3 rings (SSSR count). The molecule has 1 aliphatic carbocycles. The summed E-state index contributed by atoms with van der Waals surface area (Å²) in [5, 5.41) is 3.23. The lowest BCUT2D eigenvalue weighted by atomic mass is 9.67. The first-order chi connectivity index (χ1) is 9.55. The van der Waals surface area contributed by atoms with Crippen LogP contribution < -0.4 is 10.0 Å². The molecule has 0 bridgehead atoms. The third-order valence-corrected chi connectivity index (χ3v) is 6.32. The molecule has 1 saturated carbocycles. The van der Waals surface area contributed by atoms with Gasteiger partial charge in [0.2, 0.25) is 10.0 Å². The topological polar surface area (TPSA) is 58.2 Å². The first kappa shape index (κ1) is 14.0. The van der Waals surface area contributed by atoms with E-state index in [9.17, 15) is 8.42 Å². The van der Waals surface area contributed by atoms with E-state index in [1.807, 2.05) is 6.07 Å². The van der Waals surface area contributed by atoms with Crippen LogP contribution in [-0.2, 0) is 23.1 Å². The van der Waals surface area contributed by atoms with Crippen molar-refractivity contribution in [2.75, 3.05) is 6.54 Å². The fourth-order valence-corrected chi connectivity index (χ4v) is 4.31. The summed E-state index contributed by atoms with van der Waals surface area (Å²) in [7, 11) is -3.38. The zero-order valence-corrected chi connectivity index (χ0v) is 12.7. The predicted octanol–water partition coefficient (Wildman–Crippen LogP) is 2.15. The molecule has 0 aromatic heterocycles. The van der Waals surface area contributed by atoms with Crippen LogP contribution >= 0.6 is 0 Å². The van der Waals surface area contributed by atoms with Crippen LogP contribution in [0.2, 0.25) is 0 Å². The molecule has 0 atom stereocenters. The number of sulfonamides is 1. The van der Waals surface area contributed by atoms with Gasteiger partial charge in [0.15, 0.2) is 0 Å². The van der Waals surface area contributed by atoms with Crippen molar-refractivity contribution in [3.8, 4) is 0 Å². The van der Waals surface area contributed by atoms with Gasteiger partial charge < -0.3 is 5.32 Å². The second-order valence-corrected chi connectivity index (χ2v) is 7.83. The lowest BCUT2D eigenvalue weighted by Gasteiger charge is -2.41. The monoisotopic (exact) mass is 294 g/mol. The van der Waals surface area contributed by atoms with E-state index in [1.165, 1.54) is 12.0 Å². The number of hydrogen-bond donors (Lipinski definition) is 2. The van der Waals surface area contributed by atoms with Crippen molar-refractivity contribution in [1.82, 2.24) is 10.0 Å². The van der Waals surface area contributed by atoms with Gasteiger partial charge >= 0.3 is 0 Å². The van der Waals surface area contributed by atoms with Gasteiger partial charge in [0.25, 0.3) is 0 Å². The average molecular weight is 294 g/mol. The van der Waals surface area contributed by atoms with Crippen LogP contribution in [0.25, 0.3) is 0 Å². The molecule has 0 saturated heterocycles. The van der Waals surface area contributed by atoms with E-state index in [1.54, 1.807) is 12.1 Å². The molecule has 1 aromatic carbocycles. The quantitative estimate of drug-likeness (QED) is 0.875. The Balaban J connectivity index is 1.75. The highest BCUT2D eigenvalue weighted by atomic mass is 32.2. The van der Waals surface area contributed by atoms with Crippen LogP contribution in [0.15, 0.2) is 23.1 Å². The Kier molecular flexibility index (Phi) is 3.60. The predicted molar refractivity (Wildman–Crippen MR) is 78.7 cm³/mol. The van der Waals surface area contributed by atoms with Gasteiger partial charge in [-0.25, -0.2) is 13.1 Å². The molecule has 4 nitrogen and oxygen atoms in total. The molecule has 0 unspecified atom stereocenters. The minimum atomic E-state index is -3.38. The van der Waals surface area contributed by atoms with Gasteiger partial charge in [0.1, 0.15) is 0 Å². The van der Waals surface area contributed by atoms with E-state index < -0.39 is 10.0 Å². The Morgan fingerprint density at radius 1 is 1.25 bits per heavy atom. The molecular weight excluding hydrogens is 272 g/mol. The third-order valence-electron chi connectivity index (χ3n) is 4.92. The van der Waals surface area contributed by atoms with Crippen molar-refractivity contribution >= 4 is 10.0 Å². The lowest BCUT2D eigenvalue weighted by Crippen LogP contribution is -2.41. The van der Waals surface area contributed by atoms with E-state index in [0.29, 0.717) is 11.4 Å². The van der Waals surface area contributed by atoms with Crippen molar-refractivity contribution in [1.29, 1.82) is 0 Å². The van der Waals surface area contributed by atoms with Gasteiger partial charge in [-0.05, 0) is 47.9 Å². The first-order valence-corrected chi connectivity index (χ1v) is 8.85. The summed E-state index contributed by atoms with van der Waals surface area (Å²) in [6, 6.07) is 5.44. The number of nitrogens with one attached hydrogen (secondary N) is 2. The summed E-state index contributed by atoms with van der Waals surface area (Å²) in [6.45, 7) is 4.31. The highest BCUT2D eigenvalue weighted by Crippen LogP contribution is 2.43. The molecule has 1 fully saturated rings. The van der Waals surface area contributed by atoms with Gasteiger partial charge in [-0.2, -0.15) is 0 Å². The Morgan fingerprint density at radius 2 is 2.00 bits per heavy atom. The number of hydrogen-bond acceptors (Lipinski definition) is 3. The van der Waals surface area contributed by atoms with E-state index in [4.69, 9.17) is 0 Å². The Morgan fingerprint density at radius 3 is 2.65 bits per heavy atom. The Labute approximate surface area is 121 Å². The van der Waals surface area contributed by atoms with Crippen molar-refractivity contribution in [2.45, 2.75) is 50.6 Å². The summed E-state index contributed by atoms with van der Waals surface area (Å²) in [5.41, 5.74) is 2.50. The molecule has 1 heterocycles. The van der Waals surface area contributed by atoms with Crippen LogP contribution in [0.1, 0.15) is 43.7 Å². The largest absolute Gasteiger partial charge is 0.309 e. The average Bonchev–Trinajstić information content (AvgIpc) is 2.85. The van der Waals surface area contributed by atoms with E-state index >= 15 is 0 Å². The zero-order chi connectivity index (χ0) is 14.2. The first-order valence-electron chi connectivity index (χ1n) is 7.37. The summed E-state index contributed by atoms with van der Waals surface area (Å²) in [6.07, 6.45) is 4.55. The smallest absolute Gasteiger partial charge is 0.240 e. The Bertz CT molecular complexity index is 601. The third kappa shape index (κ3) is 2.50. The minimum absolute atomic E-state index is 0.200. The van der Waals surface area contributed by atoms with E-state index in [-0.39, 0.29) is 5.41 Å². The number of benzene rings is 1. The fourth-order valence-electron chi connectivity index (χ4n) is 3.10. The summed E-state index contributed by atoms with van der Waals surface area (Å²) >= 11 is 0. The summed E-state index contributed by atoms with van der Waals surface area (Å²) in [4.78, 5) is 0.394. The van der Waals surface area contributed by atoms with Crippen LogP contribution in [0.3, 0.4) is 0 Å². The van der Waals surface area contributed by atoms with E-state index in [0.717, 1.165) is 37.9 Å². The maximum Gasteiger partial charge on any atom is 0.240 e. The second kappa shape index (κ2) is 5.13. The van der Waals surface area contributed by atoms with Crippen LogP contribution in [-0.4, -0.2) is 15.0 Å². The SMILES string of the molecule is CCC1(CNS(=O)(=O)c2ccc3c(c2)CNC3)CCC1. The normalized spacial score (nSPS) is 20.4. The molecule has 2 N–H and O–H groups in total. The standard InChI is InChI=1S/C15H22N2O2S/c1-2-15(6-3-7-15)11-17-20(18,19)14-5-4-12-9-16-10-13(12)8-14/h4-5,8,16-17H,2-3,6-7,9-11H2,1H3. The van der Waals surface area contributed by atoms with Gasteiger partial charge in [-0.3, -0.25) is 0 Å². The molecule has 0 amide bonds. The molecule has 0 radical (unpaired) electrons. The van der Waals surface area contributed by atoms with Crippen molar-refractivity contribution in [3.63, 3.8) is 0 Å². The molecular formula is C15H22N2O2S. The molecule has 5 heteroatoms. The van der Waals surface area contributed by atoms with Gasteiger partial charge in [0.05, 0.1) is 4.90 Å². The molecule has 2 aliphatic rings. The zero-order valence-electron chi connectivity index (χ0n) is 11.9. The second-order valence-electron chi connectivity index (χ2n) is 6.07. The fraction of sp³-hybridized carbons (Fsp3) is 0.600. The lowest BCUT2D eigenvalue weighted by molar-refractivity contribution is 0.133. The number of fused-ring (bicyclic) bond motifs is 1. The number of rotatable bonds is 5. The van der Waals surface area contributed by atoms with Gasteiger partial charge in [0, 0.05) is 19.6 Å². The highest BCUT2D eigenvalue weighted by Gasteiger charge is 2.36. The summed E-state index contributed by atoms with van der Waals surface area (Å²) < 4.78 is 27.6. The molecule has 1 aromatic rings. The molecule has 0 spiro atoms. The molecule has 20 heavy (non-hydrogen) atoms. The van der Waals surface area contributed by atoms with Crippen molar-refractivity contribution < 1.29 is 8.42 Å². The maximum absolute atomic E-state index is 12.4. The minimum Gasteiger partial charge on any atom is -0.309 e. The van der Waals surface area contributed by atoms with Crippen LogP contribution in [0, 0.1) is 5.41 Å². The molecule has 1 aliphatic heterocycles. The molecule has 110 valence electrons. The Hall–Kier alpha value is -0.910. The van der Waals surface area contributed by atoms with E-state index in [2.05, 4.69) is 17.0 Å². The highest BCUT2D eigenvalue weighted by molar-refractivity contribution is 7.89. The summed E-state index contributed by atoms with van der Waals surface area (Å²) in [5.74, 6) is 0. The van der Waals surface area contributed by atoms with Crippen molar-refractivity contribution in [2.24, 2.45) is 5.41 Å². The van der Waals surface area contributed by atoms with Crippen molar-refractivity contribution in [3.05, 3.63) is 29.3 Å². The maximum atomic E-state index is 12.4. The van der Waals surface area contributed by atoms with Crippen LogP contribution in [0.5, 0.6) is 0 Å². The van der Waals surface area contributed by atoms with Gasteiger partial charge in [-0.1, -0.05) is 19.4 Å². The van der Waals surface area contributed by atoms with Crippen LogP contribution in [0.4, 0.5) is 0 Å².